The molecule has 7 rings (SSSR count). The first-order valence-electron chi connectivity index (χ1n) is 18.5. The molecule has 0 aliphatic carbocycles. The van der Waals surface area contributed by atoms with Crippen molar-refractivity contribution in [1.29, 1.82) is 0 Å². The van der Waals surface area contributed by atoms with Gasteiger partial charge in [0.25, 0.3) is 11.8 Å². The summed E-state index contributed by atoms with van der Waals surface area (Å²) in [6, 6.07) is 11.9. The van der Waals surface area contributed by atoms with Gasteiger partial charge in [-0.25, -0.2) is 9.97 Å². The van der Waals surface area contributed by atoms with E-state index < -0.39 is 11.8 Å². The van der Waals surface area contributed by atoms with E-state index in [1.807, 2.05) is 42.1 Å². The van der Waals surface area contributed by atoms with Crippen LogP contribution in [0.3, 0.4) is 0 Å². The van der Waals surface area contributed by atoms with Crippen molar-refractivity contribution in [3.05, 3.63) is 94.1 Å². The Morgan fingerprint density at radius 1 is 0.745 bits per heavy atom. The van der Waals surface area contributed by atoms with E-state index in [4.69, 9.17) is 21.4 Å². The number of carbonyl (C=O) groups is 4. The highest BCUT2D eigenvalue weighted by Crippen LogP contribution is 2.26. The Labute approximate surface area is 316 Å². The third kappa shape index (κ3) is 7.47. The highest BCUT2D eigenvalue weighted by atomic mass is 16.2. The predicted molar refractivity (Wildman–Crippen MR) is 208 cm³/mol. The molecule has 4 aromatic heterocycles. The second-order valence-electron chi connectivity index (χ2n) is 13.7. The molecule has 55 heavy (non-hydrogen) atoms. The fourth-order valence-corrected chi connectivity index (χ4v) is 7.22. The van der Waals surface area contributed by atoms with Gasteiger partial charge in [0.15, 0.2) is 0 Å². The lowest BCUT2D eigenvalue weighted by molar-refractivity contribution is 0.0992. The van der Waals surface area contributed by atoms with Crippen molar-refractivity contribution < 1.29 is 19.2 Å². The van der Waals surface area contributed by atoms with E-state index in [1.165, 1.54) is 0 Å². The van der Waals surface area contributed by atoms with Gasteiger partial charge in [-0.3, -0.25) is 39.2 Å². The number of amides is 4. The predicted octanol–water partition coefficient (Wildman–Crippen LogP) is 4.88. The van der Waals surface area contributed by atoms with Crippen LogP contribution in [0.15, 0.2) is 54.6 Å². The molecule has 0 bridgehead atoms. The number of anilines is 2. The Bertz CT molecular complexity index is 2500. The van der Waals surface area contributed by atoms with Crippen molar-refractivity contribution in [1.82, 2.24) is 38.7 Å². The lowest BCUT2D eigenvalue weighted by atomic mass is 10.0. The summed E-state index contributed by atoms with van der Waals surface area (Å²) in [4.78, 5) is 61.3. The lowest BCUT2D eigenvalue weighted by Crippen LogP contribution is -2.21. The largest absolute Gasteiger partial charge is 0.366 e. The molecule has 6 aromatic rings. The van der Waals surface area contributed by atoms with Gasteiger partial charge in [0.1, 0.15) is 11.4 Å². The number of nitrogens with one attached hydrogen (secondary N) is 2. The summed E-state index contributed by atoms with van der Waals surface area (Å²) in [7, 11) is 0. The maximum absolute atomic E-state index is 14.1. The number of primary amides is 2. The number of rotatable bonds is 3. The zero-order chi connectivity index (χ0) is 38.8. The molecule has 0 radical (unpaired) electrons. The number of nitrogens with two attached hydrogens (primary N) is 2. The number of hydrogen-bond acceptors (Lipinski definition) is 8. The molecule has 0 saturated heterocycles. The number of nitrogens with zero attached hydrogens (tertiary/aromatic N) is 8. The minimum atomic E-state index is -0.566. The minimum Gasteiger partial charge on any atom is -0.366 e. The number of fused-ring (bicyclic) bond motifs is 8. The van der Waals surface area contributed by atoms with Crippen LogP contribution in [0.4, 0.5) is 11.9 Å². The second-order valence-corrected chi connectivity index (χ2v) is 13.7. The molecule has 284 valence electrons. The molecule has 1 aliphatic heterocycles. The van der Waals surface area contributed by atoms with E-state index in [1.54, 1.807) is 51.8 Å². The molecule has 4 amide bonds. The zero-order valence-electron chi connectivity index (χ0n) is 31.1. The molecule has 2 aromatic carbocycles. The van der Waals surface area contributed by atoms with Crippen molar-refractivity contribution in [2.45, 2.75) is 85.5 Å². The van der Waals surface area contributed by atoms with Crippen molar-refractivity contribution in [2.75, 3.05) is 10.6 Å². The van der Waals surface area contributed by atoms with Gasteiger partial charge < -0.3 is 20.6 Å². The Kier molecular flexibility index (Phi) is 10.3. The number of hydrogen-bond donors (Lipinski definition) is 4. The van der Waals surface area contributed by atoms with Crippen molar-refractivity contribution in [3.8, 4) is 0 Å². The third-order valence-corrected chi connectivity index (χ3v) is 9.92. The maximum atomic E-state index is 14.1. The van der Waals surface area contributed by atoms with E-state index in [2.05, 4.69) is 20.8 Å². The number of aromatic nitrogens is 8. The Hall–Kier alpha value is -6.58. The quantitative estimate of drug-likeness (QED) is 0.183. The molecule has 0 unspecified atom stereocenters. The monoisotopic (exact) mass is 744 g/mol. The standard InChI is InChI=1S/C39H44N12O4/c1-4-50-33-27(24(3)47-50)12-8-7-11-19-51-32(20-23(2)46-51)36(54)44-38-42-28-21-25(34(40)52)13-15-30(28)48(38)17-9-5-6-10-18-49-31-16-14-26(35(41)53)22-29(31)43-39(49)45-37(33)55/h5-6,13-16,20-22H,4,7-12,17-19H2,1-3H3,(H2,40,52)(H2,41,53)(H,42,44,54)(H,43,45,55)/b6-5+. The number of allylic oxidation sites excluding steroid dienone is 2. The normalized spacial score (nSPS) is 15.4. The van der Waals surface area contributed by atoms with E-state index in [0.29, 0.717) is 90.9 Å². The SMILES string of the molecule is CCn1nc(C)c2c1C(=O)Nc1nc3cc(C(N)=O)ccc3n1CC/C=C/CCn1c(nc3cc(C(N)=O)ccc31)NC(=O)c1cc(C)nn1CCCCC2. The van der Waals surface area contributed by atoms with Crippen LogP contribution in [0.25, 0.3) is 22.1 Å². The molecule has 16 heteroatoms. The van der Waals surface area contributed by atoms with Crippen LogP contribution in [0, 0.1) is 13.8 Å². The molecule has 16 nitrogen and oxygen atoms in total. The number of aryl methyl sites for hydroxylation is 6. The summed E-state index contributed by atoms with van der Waals surface area (Å²) in [5, 5.41) is 15.4. The first kappa shape index (κ1) is 36.8. The molecule has 0 fully saturated rings. The van der Waals surface area contributed by atoms with Crippen molar-refractivity contribution >= 4 is 57.6 Å². The summed E-state index contributed by atoms with van der Waals surface area (Å²) >= 11 is 0. The smallest absolute Gasteiger partial charge is 0.276 e. The number of imidazole rings is 2. The van der Waals surface area contributed by atoms with Gasteiger partial charge in [0.05, 0.1) is 33.5 Å². The van der Waals surface area contributed by atoms with E-state index >= 15 is 0 Å². The first-order valence-corrected chi connectivity index (χ1v) is 18.5. The molecule has 0 atom stereocenters. The topological polar surface area (TPSA) is 216 Å². The summed E-state index contributed by atoms with van der Waals surface area (Å²) in [5.74, 6) is -1.09. The maximum Gasteiger partial charge on any atom is 0.276 e. The molecule has 5 heterocycles. The first-order chi connectivity index (χ1) is 26.5. The fraction of sp³-hybridized carbons (Fsp3) is 0.333. The minimum absolute atomic E-state index is 0.313. The lowest BCUT2D eigenvalue weighted by Gasteiger charge is -2.12. The Balaban J connectivity index is 1.24. The van der Waals surface area contributed by atoms with Gasteiger partial charge in [-0.2, -0.15) is 10.2 Å². The van der Waals surface area contributed by atoms with Gasteiger partial charge in [-0.1, -0.05) is 18.6 Å². The molecule has 6 N–H and O–H groups in total. The second kappa shape index (κ2) is 15.4. The van der Waals surface area contributed by atoms with Crippen LogP contribution in [0.1, 0.15) is 97.7 Å². The molecular formula is C39H44N12O4. The Morgan fingerprint density at radius 2 is 1.33 bits per heavy atom. The van der Waals surface area contributed by atoms with Crippen LogP contribution in [-0.4, -0.2) is 62.3 Å². The van der Waals surface area contributed by atoms with Gasteiger partial charge in [-0.05, 0) is 95.3 Å². The van der Waals surface area contributed by atoms with Crippen LogP contribution in [-0.2, 0) is 32.6 Å². The van der Waals surface area contributed by atoms with Gasteiger partial charge in [0, 0.05) is 42.9 Å². The summed E-state index contributed by atoms with van der Waals surface area (Å²) in [6.07, 6.45) is 8.28. The summed E-state index contributed by atoms with van der Waals surface area (Å²) in [6.45, 7) is 7.72. The van der Waals surface area contributed by atoms with Gasteiger partial charge in [-0.15, -0.1) is 0 Å². The van der Waals surface area contributed by atoms with Crippen LogP contribution >= 0.6 is 0 Å². The average molecular weight is 745 g/mol. The van der Waals surface area contributed by atoms with Crippen LogP contribution in [0.2, 0.25) is 0 Å². The van der Waals surface area contributed by atoms with E-state index in [-0.39, 0.29) is 11.8 Å². The average Bonchev–Trinajstić information content (AvgIpc) is 3.89. The fourth-order valence-electron chi connectivity index (χ4n) is 7.22. The van der Waals surface area contributed by atoms with Crippen molar-refractivity contribution in [3.63, 3.8) is 0 Å². The number of benzene rings is 2. The Morgan fingerprint density at radius 3 is 1.89 bits per heavy atom. The van der Waals surface area contributed by atoms with Crippen LogP contribution in [0.5, 0.6) is 0 Å². The highest BCUT2D eigenvalue weighted by Gasteiger charge is 2.24. The summed E-state index contributed by atoms with van der Waals surface area (Å²) in [5.41, 5.74) is 17.6. The van der Waals surface area contributed by atoms with E-state index in [0.717, 1.165) is 47.2 Å². The molecular weight excluding hydrogens is 701 g/mol. The third-order valence-electron chi connectivity index (χ3n) is 9.92. The number of carbonyl (C=O) groups excluding carboxylic acids is 4. The zero-order valence-corrected chi connectivity index (χ0v) is 31.1. The van der Waals surface area contributed by atoms with E-state index in [9.17, 15) is 19.2 Å². The summed E-state index contributed by atoms with van der Waals surface area (Å²) < 4.78 is 7.29. The van der Waals surface area contributed by atoms with Gasteiger partial charge in [0.2, 0.25) is 23.7 Å². The van der Waals surface area contributed by atoms with Crippen molar-refractivity contribution in [2.24, 2.45) is 11.5 Å². The molecule has 0 spiro atoms. The van der Waals surface area contributed by atoms with Crippen LogP contribution < -0.4 is 22.1 Å². The highest BCUT2D eigenvalue weighted by molar-refractivity contribution is 6.05. The van der Waals surface area contributed by atoms with Gasteiger partial charge >= 0.3 is 0 Å². The molecule has 1 aliphatic rings. The molecule has 0 saturated carbocycles.